The lowest BCUT2D eigenvalue weighted by atomic mass is 10.0. The van der Waals surface area contributed by atoms with Crippen LogP contribution in [0.1, 0.15) is 36.2 Å². The van der Waals surface area contributed by atoms with E-state index in [1.54, 1.807) is 0 Å². The number of hydrogen-bond acceptors (Lipinski definition) is 4. The van der Waals surface area contributed by atoms with Gasteiger partial charge in [0.2, 0.25) is 5.95 Å². The van der Waals surface area contributed by atoms with E-state index in [9.17, 15) is 0 Å². The number of hydrogen-bond donors (Lipinski definition) is 0. The summed E-state index contributed by atoms with van der Waals surface area (Å²) in [6.07, 6.45) is 1.04. The molecule has 0 saturated heterocycles. The van der Waals surface area contributed by atoms with Crippen LogP contribution in [-0.2, 0) is 19.5 Å². The quantitative estimate of drug-likeness (QED) is 0.646. The lowest BCUT2D eigenvalue weighted by Gasteiger charge is -2.32. The van der Waals surface area contributed by atoms with Crippen LogP contribution < -0.4 is 9.80 Å². The zero-order valence-corrected chi connectivity index (χ0v) is 17.0. The highest BCUT2D eigenvalue weighted by molar-refractivity contribution is 5.49. The van der Waals surface area contributed by atoms with Gasteiger partial charge in [-0.1, -0.05) is 54.6 Å². The van der Waals surface area contributed by atoms with Crippen LogP contribution in [0.4, 0.5) is 11.8 Å². The van der Waals surface area contributed by atoms with Gasteiger partial charge in [0.1, 0.15) is 5.82 Å². The molecular formula is C24H28N4. The van der Waals surface area contributed by atoms with Crippen LogP contribution in [0.3, 0.4) is 0 Å². The van der Waals surface area contributed by atoms with Crippen molar-refractivity contribution in [2.24, 2.45) is 0 Å². The Labute approximate surface area is 167 Å². The van der Waals surface area contributed by atoms with Gasteiger partial charge in [-0.25, -0.2) is 4.98 Å². The molecule has 1 aromatic heterocycles. The summed E-state index contributed by atoms with van der Waals surface area (Å²) in [5.74, 6) is 1.84. The van der Waals surface area contributed by atoms with Crippen LogP contribution in [0.5, 0.6) is 0 Å². The first-order chi connectivity index (χ1) is 13.6. The molecule has 0 spiro atoms. The van der Waals surface area contributed by atoms with Crippen molar-refractivity contribution in [2.45, 2.75) is 46.3 Å². The summed E-state index contributed by atoms with van der Waals surface area (Å²) in [6, 6.07) is 21.7. The average molecular weight is 373 g/mol. The molecule has 0 saturated carbocycles. The first-order valence-corrected chi connectivity index (χ1v) is 10.1. The monoisotopic (exact) mass is 372 g/mol. The second kappa shape index (κ2) is 8.01. The molecular weight excluding hydrogens is 344 g/mol. The Morgan fingerprint density at radius 1 is 0.964 bits per heavy atom. The van der Waals surface area contributed by atoms with Crippen molar-refractivity contribution >= 4 is 11.8 Å². The molecule has 4 nitrogen and oxygen atoms in total. The Morgan fingerprint density at radius 3 is 2.43 bits per heavy atom. The third-order valence-electron chi connectivity index (χ3n) is 5.36. The van der Waals surface area contributed by atoms with Gasteiger partial charge in [0, 0.05) is 37.4 Å². The molecule has 3 aromatic rings. The zero-order chi connectivity index (χ0) is 19.5. The fourth-order valence-electron chi connectivity index (χ4n) is 3.80. The maximum Gasteiger partial charge on any atom is 0.227 e. The van der Waals surface area contributed by atoms with Crippen molar-refractivity contribution < 1.29 is 0 Å². The second-order valence-electron chi connectivity index (χ2n) is 7.82. The van der Waals surface area contributed by atoms with Crippen molar-refractivity contribution in [1.29, 1.82) is 0 Å². The lowest BCUT2D eigenvalue weighted by molar-refractivity contribution is 0.662. The molecule has 1 aliphatic heterocycles. The molecule has 4 heteroatoms. The van der Waals surface area contributed by atoms with Crippen LogP contribution in [0.15, 0.2) is 60.7 Å². The predicted octanol–water partition coefficient (Wildman–Crippen LogP) is 4.76. The van der Waals surface area contributed by atoms with Crippen molar-refractivity contribution in [3.05, 3.63) is 83.0 Å². The van der Waals surface area contributed by atoms with Gasteiger partial charge < -0.3 is 9.80 Å². The SMILES string of the molecule is Cc1cc(N(Cc2ccccc2)C(C)C)nc(N2CCc3ccccc3C2)n1. The number of aromatic nitrogens is 2. The van der Waals surface area contributed by atoms with E-state index in [2.05, 4.69) is 91.2 Å². The standard InChI is InChI=1S/C24H28N4/c1-18(2)28(16-20-9-5-4-6-10-20)23-15-19(3)25-24(26-23)27-14-13-21-11-7-8-12-22(21)17-27/h4-12,15,18H,13-14,16-17H2,1-3H3. The van der Waals surface area contributed by atoms with Crippen LogP contribution in [0.25, 0.3) is 0 Å². The third-order valence-corrected chi connectivity index (χ3v) is 5.36. The smallest absolute Gasteiger partial charge is 0.227 e. The minimum Gasteiger partial charge on any atom is -0.350 e. The van der Waals surface area contributed by atoms with Crippen molar-refractivity contribution in [3.8, 4) is 0 Å². The molecule has 0 radical (unpaired) electrons. The normalized spacial score (nSPS) is 13.5. The number of benzene rings is 2. The van der Waals surface area contributed by atoms with Gasteiger partial charge in [0.05, 0.1) is 0 Å². The van der Waals surface area contributed by atoms with E-state index < -0.39 is 0 Å². The fraction of sp³-hybridized carbons (Fsp3) is 0.333. The van der Waals surface area contributed by atoms with E-state index >= 15 is 0 Å². The van der Waals surface area contributed by atoms with Crippen LogP contribution in [0.2, 0.25) is 0 Å². The minimum absolute atomic E-state index is 0.351. The average Bonchev–Trinajstić information content (AvgIpc) is 2.71. The molecule has 1 aliphatic rings. The van der Waals surface area contributed by atoms with Gasteiger partial charge in [-0.05, 0) is 43.9 Å². The van der Waals surface area contributed by atoms with E-state index in [4.69, 9.17) is 9.97 Å². The van der Waals surface area contributed by atoms with E-state index in [0.717, 1.165) is 43.5 Å². The topological polar surface area (TPSA) is 32.3 Å². The minimum atomic E-state index is 0.351. The first-order valence-electron chi connectivity index (χ1n) is 10.1. The Kier molecular flexibility index (Phi) is 5.29. The van der Waals surface area contributed by atoms with Crippen molar-refractivity contribution in [1.82, 2.24) is 9.97 Å². The van der Waals surface area contributed by atoms with Gasteiger partial charge in [-0.2, -0.15) is 4.98 Å². The van der Waals surface area contributed by atoms with E-state index in [0.29, 0.717) is 6.04 Å². The molecule has 0 bridgehead atoms. The first kappa shape index (κ1) is 18.5. The number of anilines is 2. The fourth-order valence-corrected chi connectivity index (χ4v) is 3.80. The maximum atomic E-state index is 4.99. The van der Waals surface area contributed by atoms with E-state index in [1.807, 2.05) is 0 Å². The summed E-state index contributed by atoms with van der Waals surface area (Å²) >= 11 is 0. The third kappa shape index (κ3) is 4.01. The predicted molar refractivity (Wildman–Crippen MR) is 116 cm³/mol. The van der Waals surface area contributed by atoms with Gasteiger partial charge >= 0.3 is 0 Å². The summed E-state index contributed by atoms with van der Waals surface area (Å²) in [7, 11) is 0. The molecule has 0 unspecified atom stereocenters. The number of fused-ring (bicyclic) bond motifs is 1. The van der Waals surface area contributed by atoms with Gasteiger partial charge in [-0.3, -0.25) is 0 Å². The maximum absolute atomic E-state index is 4.99. The van der Waals surface area contributed by atoms with Gasteiger partial charge in [-0.15, -0.1) is 0 Å². The summed E-state index contributed by atoms with van der Waals surface area (Å²) < 4.78 is 0. The molecule has 2 heterocycles. The molecule has 144 valence electrons. The Hall–Kier alpha value is -2.88. The van der Waals surface area contributed by atoms with Crippen LogP contribution in [0, 0.1) is 6.92 Å². The summed E-state index contributed by atoms with van der Waals surface area (Å²) in [6.45, 7) is 9.18. The second-order valence-corrected chi connectivity index (χ2v) is 7.82. The number of rotatable bonds is 5. The number of nitrogens with zero attached hydrogens (tertiary/aromatic N) is 4. The molecule has 28 heavy (non-hydrogen) atoms. The highest BCUT2D eigenvalue weighted by Crippen LogP contribution is 2.25. The highest BCUT2D eigenvalue weighted by Gasteiger charge is 2.21. The Bertz CT molecular complexity index is 936. The molecule has 0 aliphatic carbocycles. The van der Waals surface area contributed by atoms with Crippen LogP contribution in [-0.4, -0.2) is 22.6 Å². The van der Waals surface area contributed by atoms with Crippen molar-refractivity contribution in [2.75, 3.05) is 16.3 Å². The summed E-state index contributed by atoms with van der Waals surface area (Å²) in [4.78, 5) is 14.4. The lowest BCUT2D eigenvalue weighted by Crippen LogP contribution is -2.34. The molecule has 2 aromatic carbocycles. The van der Waals surface area contributed by atoms with Gasteiger partial charge in [0.25, 0.3) is 0 Å². The number of aryl methyl sites for hydroxylation is 1. The summed E-state index contributed by atoms with van der Waals surface area (Å²) in [5.41, 5.74) is 5.13. The molecule has 0 amide bonds. The summed E-state index contributed by atoms with van der Waals surface area (Å²) in [5, 5.41) is 0. The van der Waals surface area contributed by atoms with E-state index in [1.165, 1.54) is 16.7 Å². The molecule has 0 fully saturated rings. The largest absolute Gasteiger partial charge is 0.350 e. The Morgan fingerprint density at radius 2 is 1.68 bits per heavy atom. The van der Waals surface area contributed by atoms with E-state index in [-0.39, 0.29) is 0 Å². The highest BCUT2D eigenvalue weighted by atomic mass is 15.3. The molecule has 4 rings (SSSR count). The van der Waals surface area contributed by atoms with Crippen LogP contribution >= 0.6 is 0 Å². The zero-order valence-electron chi connectivity index (χ0n) is 17.0. The molecule has 0 atom stereocenters. The Balaban J connectivity index is 1.63. The van der Waals surface area contributed by atoms with Crippen molar-refractivity contribution in [3.63, 3.8) is 0 Å². The van der Waals surface area contributed by atoms with Gasteiger partial charge in [0.15, 0.2) is 0 Å². The molecule has 0 N–H and O–H groups in total.